The number of hydrogen-bond donors (Lipinski definition) is 3. The van der Waals surface area contributed by atoms with Crippen molar-refractivity contribution in [2.45, 2.75) is 57.5 Å². The van der Waals surface area contributed by atoms with E-state index in [0.717, 1.165) is 19.3 Å². The standard InChI is InChI=1S/C14H27NO3/c1-2-3-4-5-6-7-8-9-10-14(18)15-11-13(17)12-16/h2,13,16-17H,1,3-12H2,(H,15,18). The normalized spacial score (nSPS) is 12.1. The van der Waals surface area contributed by atoms with Gasteiger partial charge in [-0.05, 0) is 19.3 Å². The maximum atomic E-state index is 11.3. The fourth-order valence-electron chi connectivity index (χ4n) is 1.67. The molecule has 0 aliphatic rings. The van der Waals surface area contributed by atoms with E-state index in [2.05, 4.69) is 11.9 Å². The van der Waals surface area contributed by atoms with Crippen LogP contribution in [-0.2, 0) is 4.79 Å². The quantitative estimate of drug-likeness (QED) is 0.368. The highest BCUT2D eigenvalue weighted by molar-refractivity contribution is 5.75. The largest absolute Gasteiger partial charge is 0.394 e. The molecule has 4 heteroatoms. The molecule has 0 heterocycles. The number of allylic oxidation sites excluding steroid dienone is 1. The Morgan fingerprint density at radius 2 is 1.78 bits per heavy atom. The van der Waals surface area contributed by atoms with Crippen molar-refractivity contribution < 1.29 is 15.0 Å². The van der Waals surface area contributed by atoms with E-state index in [1.165, 1.54) is 25.7 Å². The van der Waals surface area contributed by atoms with E-state index >= 15 is 0 Å². The van der Waals surface area contributed by atoms with Gasteiger partial charge < -0.3 is 15.5 Å². The number of amides is 1. The summed E-state index contributed by atoms with van der Waals surface area (Å²) in [5.74, 6) is -0.0471. The number of carbonyl (C=O) groups excluding carboxylic acids is 1. The molecule has 0 radical (unpaired) electrons. The fourth-order valence-corrected chi connectivity index (χ4v) is 1.67. The molecule has 0 fully saturated rings. The minimum absolute atomic E-state index is 0.0471. The smallest absolute Gasteiger partial charge is 0.220 e. The van der Waals surface area contributed by atoms with Gasteiger partial charge in [-0.25, -0.2) is 0 Å². The summed E-state index contributed by atoms with van der Waals surface area (Å²) in [5, 5.41) is 20.2. The lowest BCUT2D eigenvalue weighted by Gasteiger charge is -2.08. The first-order valence-corrected chi connectivity index (χ1v) is 6.87. The van der Waals surface area contributed by atoms with Crippen LogP contribution in [0.3, 0.4) is 0 Å². The van der Waals surface area contributed by atoms with Crippen LogP contribution in [0.1, 0.15) is 51.4 Å². The van der Waals surface area contributed by atoms with Gasteiger partial charge in [-0.1, -0.05) is 31.8 Å². The SMILES string of the molecule is C=CCCCCCCCCC(=O)NCC(O)CO. The molecular formula is C14H27NO3. The third kappa shape index (κ3) is 11.6. The molecule has 0 aromatic heterocycles. The molecule has 0 spiro atoms. The van der Waals surface area contributed by atoms with E-state index in [1.54, 1.807) is 0 Å². The van der Waals surface area contributed by atoms with Crippen LogP contribution in [0.2, 0.25) is 0 Å². The van der Waals surface area contributed by atoms with Crippen molar-refractivity contribution in [2.75, 3.05) is 13.2 Å². The molecule has 1 unspecified atom stereocenters. The Kier molecular flexibility index (Phi) is 12.0. The maximum absolute atomic E-state index is 11.3. The van der Waals surface area contributed by atoms with Gasteiger partial charge in [0.1, 0.15) is 0 Å². The van der Waals surface area contributed by atoms with Crippen LogP contribution < -0.4 is 5.32 Å². The van der Waals surface area contributed by atoms with Gasteiger partial charge in [-0.2, -0.15) is 0 Å². The van der Waals surface area contributed by atoms with Crippen LogP contribution in [0.5, 0.6) is 0 Å². The fraction of sp³-hybridized carbons (Fsp3) is 0.786. The molecule has 0 rings (SSSR count). The van der Waals surface area contributed by atoms with Gasteiger partial charge in [0.05, 0.1) is 12.7 Å². The molecule has 0 aromatic carbocycles. The predicted octanol–water partition coefficient (Wildman–Crippen LogP) is 1.76. The molecule has 0 aromatic rings. The van der Waals surface area contributed by atoms with E-state index < -0.39 is 6.10 Å². The first-order chi connectivity index (χ1) is 8.70. The van der Waals surface area contributed by atoms with Crippen LogP contribution in [0, 0.1) is 0 Å². The Hall–Kier alpha value is -0.870. The van der Waals surface area contributed by atoms with E-state index in [4.69, 9.17) is 10.2 Å². The van der Waals surface area contributed by atoms with Gasteiger partial charge in [0, 0.05) is 13.0 Å². The Balaban J connectivity index is 3.22. The molecule has 4 nitrogen and oxygen atoms in total. The summed E-state index contributed by atoms with van der Waals surface area (Å²) < 4.78 is 0. The van der Waals surface area contributed by atoms with Gasteiger partial charge in [0.15, 0.2) is 0 Å². The van der Waals surface area contributed by atoms with E-state index in [1.807, 2.05) is 6.08 Å². The molecule has 3 N–H and O–H groups in total. The number of unbranched alkanes of at least 4 members (excludes halogenated alkanes) is 6. The number of aliphatic hydroxyl groups excluding tert-OH is 2. The van der Waals surface area contributed by atoms with Crippen molar-refractivity contribution in [1.82, 2.24) is 5.32 Å². The average molecular weight is 257 g/mol. The summed E-state index contributed by atoms with van der Waals surface area (Å²) in [5.41, 5.74) is 0. The lowest BCUT2D eigenvalue weighted by Crippen LogP contribution is -2.33. The second-order valence-corrected chi connectivity index (χ2v) is 4.59. The van der Waals surface area contributed by atoms with Gasteiger partial charge in [-0.3, -0.25) is 4.79 Å². The lowest BCUT2D eigenvalue weighted by molar-refractivity contribution is -0.121. The molecule has 18 heavy (non-hydrogen) atoms. The number of hydrogen-bond acceptors (Lipinski definition) is 3. The van der Waals surface area contributed by atoms with E-state index in [9.17, 15) is 4.79 Å². The van der Waals surface area contributed by atoms with Crippen LogP contribution in [0.25, 0.3) is 0 Å². The van der Waals surface area contributed by atoms with Crippen LogP contribution >= 0.6 is 0 Å². The minimum Gasteiger partial charge on any atom is -0.394 e. The number of carbonyl (C=O) groups is 1. The monoisotopic (exact) mass is 257 g/mol. The van der Waals surface area contributed by atoms with Gasteiger partial charge in [-0.15, -0.1) is 6.58 Å². The molecule has 1 atom stereocenters. The maximum Gasteiger partial charge on any atom is 0.220 e. The van der Waals surface area contributed by atoms with Crippen LogP contribution in [0.15, 0.2) is 12.7 Å². The zero-order valence-corrected chi connectivity index (χ0v) is 11.2. The highest BCUT2D eigenvalue weighted by Gasteiger charge is 2.05. The van der Waals surface area contributed by atoms with Crippen molar-refractivity contribution >= 4 is 5.91 Å². The number of nitrogens with one attached hydrogen (secondary N) is 1. The van der Waals surface area contributed by atoms with Gasteiger partial charge >= 0.3 is 0 Å². The number of aliphatic hydroxyl groups is 2. The molecule has 0 aliphatic carbocycles. The van der Waals surface area contributed by atoms with Crippen molar-refractivity contribution in [2.24, 2.45) is 0 Å². The zero-order chi connectivity index (χ0) is 13.6. The molecular weight excluding hydrogens is 230 g/mol. The predicted molar refractivity (Wildman–Crippen MR) is 73.2 cm³/mol. The molecule has 0 aliphatic heterocycles. The first-order valence-electron chi connectivity index (χ1n) is 6.87. The van der Waals surface area contributed by atoms with Crippen molar-refractivity contribution in [1.29, 1.82) is 0 Å². The molecule has 0 saturated carbocycles. The molecule has 1 amide bonds. The summed E-state index contributed by atoms with van der Waals surface area (Å²) in [6, 6.07) is 0. The minimum atomic E-state index is -0.848. The second kappa shape index (κ2) is 12.6. The summed E-state index contributed by atoms with van der Waals surface area (Å²) in [6.45, 7) is 3.51. The Bertz CT molecular complexity index is 219. The van der Waals surface area contributed by atoms with Crippen LogP contribution in [0.4, 0.5) is 0 Å². The summed E-state index contributed by atoms with van der Waals surface area (Å²) in [7, 11) is 0. The highest BCUT2D eigenvalue weighted by atomic mass is 16.3. The number of rotatable bonds is 12. The summed E-state index contributed by atoms with van der Waals surface area (Å²) in [4.78, 5) is 11.3. The van der Waals surface area contributed by atoms with Gasteiger partial charge in [0.25, 0.3) is 0 Å². The molecule has 106 valence electrons. The third-order valence-electron chi connectivity index (χ3n) is 2.81. The zero-order valence-electron chi connectivity index (χ0n) is 11.2. The lowest BCUT2D eigenvalue weighted by atomic mass is 10.1. The van der Waals surface area contributed by atoms with E-state index in [0.29, 0.717) is 6.42 Å². The van der Waals surface area contributed by atoms with Crippen LogP contribution in [-0.4, -0.2) is 35.4 Å². The molecule has 0 bridgehead atoms. The Labute approximate surface area is 110 Å². The summed E-state index contributed by atoms with van der Waals surface area (Å²) in [6.07, 6.45) is 9.50. The summed E-state index contributed by atoms with van der Waals surface area (Å²) >= 11 is 0. The first kappa shape index (κ1) is 17.1. The Morgan fingerprint density at radius 3 is 2.39 bits per heavy atom. The highest BCUT2D eigenvalue weighted by Crippen LogP contribution is 2.08. The van der Waals surface area contributed by atoms with Crippen molar-refractivity contribution in [3.8, 4) is 0 Å². The van der Waals surface area contributed by atoms with E-state index in [-0.39, 0.29) is 19.1 Å². The second-order valence-electron chi connectivity index (χ2n) is 4.59. The van der Waals surface area contributed by atoms with Gasteiger partial charge in [0.2, 0.25) is 5.91 Å². The molecule has 0 saturated heterocycles. The van der Waals surface area contributed by atoms with Crippen molar-refractivity contribution in [3.05, 3.63) is 12.7 Å². The van der Waals surface area contributed by atoms with Crippen molar-refractivity contribution in [3.63, 3.8) is 0 Å². The average Bonchev–Trinajstić information content (AvgIpc) is 2.39. The topological polar surface area (TPSA) is 69.6 Å². The Morgan fingerprint density at radius 1 is 1.17 bits per heavy atom. The third-order valence-corrected chi connectivity index (χ3v) is 2.81.